The molecule has 0 fully saturated rings. The molecular formula is C17H12FN3O. The van der Waals surface area contributed by atoms with Crippen LogP contribution in [0.25, 0.3) is 5.69 Å². The number of aromatic nitrogens is 2. The summed E-state index contributed by atoms with van der Waals surface area (Å²) in [5, 5.41) is 10.3. The van der Waals surface area contributed by atoms with Crippen molar-refractivity contribution in [1.82, 2.24) is 9.55 Å². The van der Waals surface area contributed by atoms with E-state index < -0.39 is 6.23 Å². The Hall–Kier alpha value is -2.79. The van der Waals surface area contributed by atoms with Gasteiger partial charge in [-0.1, -0.05) is 30.3 Å². The van der Waals surface area contributed by atoms with Crippen LogP contribution >= 0.6 is 0 Å². The Morgan fingerprint density at radius 2 is 1.91 bits per heavy atom. The SMILES string of the molecule is OC1N=C(c2ccccc2)c2cc(F)ccc2-n2ccnc21. The van der Waals surface area contributed by atoms with Gasteiger partial charge in [0.2, 0.25) is 6.23 Å². The van der Waals surface area contributed by atoms with Crippen LogP contribution < -0.4 is 0 Å². The predicted molar refractivity (Wildman–Crippen MR) is 80.6 cm³/mol. The Morgan fingerprint density at radius 3 is 2.73 bits per heavy atom. The van der Waals surface area contributed by atoms with Gasteiger partial charge in [-0.15, -0.1) is 0 Å². The van der Waals surface area contributed by atoms with Crippen LogP contribution in [0.2, 0.25) is 0 Å². The third kappa shape index (κ3) is 1.95. The largest absolute Gasteiger partial charge is 0.365 e. The van der Waals surface area contributed by atoms with Crippen molar-refractivity contribution >= 4 is 5.71 Å². The van der Waals surface area contributed by atoms with Gasteiger partial charge in [0.1, 0.15) is 5.82 Å². The number of hydrogen-bond acceptors (Lipinski definition) is 3. The molecule has 0 aliphatic carbocycles. The van der Waals surface area contributed by atoms with E-state index in [1.807, 2.05) is 30.3 Å². The van der Waals surface area contributed by atoms with Crippen LogP contribution in [-0.4, -0.2) is 20.4 Å². The van der Waals surface area contributed by atoms with Crippen molar-refractivity contribution in [1.29, 1.82) is 0 Å². The van der Waals surface area contributed by atoms with E-state index >= 15 is 0 Å². The molecule has 0 saturated carbocycles. The van der Waals surface area contributed by atoms with Crippen LogP contribution in [0.4, 0.5) is 4.39 Å². The molecule has 1 aliphatic rings. The number of hydrogen-bond donors (Lipinski definition) is 1. The number of rotatable bonds is 1. The summed E-state index contributed by atoms with van der Waals surface area (Å²) in [7, 11) is 0. The highest BCUT2D eigenvalue weighted by molar-refractivity contribution is 6.15. The maximum Gasteiger partial charge on any atom is 0.205 e. The van der Waals surface area contributed by atoms with Gasteiger partial charge in [-0.2, -0.15) is 0 Å². The van der Waals surface area contributed by atoms with E-state index in [9.17, 15) is 9.50 Å². The van der Waals surface area contributed by atoms with Gasteiger partial charge in [-0.25, -0.2) is 14.4 Å². The van der Waals surface area contributed by atoms with Crippen LogP contribution in [0.3, 0.4) is 0 Å². The van der Waals surface area contributed by atoms with Crippen molar-refractivity contribution in [2.75, 3.05) is 0 Å². The monoisotopic (exact) mass is 293 g/mol. The van der Waals surface area contributed by atoms with E-state index in [2.05, 4.69) is 9.98 Å². The zero-order valence-electron chi connectivity index (χ0n) is 11.5. The molecule has 4 rings (SSSR count). The normalized spacial score (nSPS) is 16.5. The van der Waals surface area contributed by atoms with Crippen LogP contribution in [0.15, 0.2) is 65.9 Å². The number of aliphatic hydroxyl groups is 1. The van der Waals surface area contributed by atoms with E-state index in [-0.39, 0.29) is 5.82 Å². The molecular weight excluding hydrogens is 281 g/mol. The number of fused-ring (bicyclic) bond motifs is 3. The fourth-order valence-corrected chi connectivity index (χ4v) is 2.69. The van der Waals surface area contributed by atoms with E-state index in [4.69, 9.17) is 0 Å². The number of imidazole rings is 1. The number of benzene rings is 2. The zero-order chi connectivity index (χ0) is 15.1. The van der Waals surface area contributed by atoms with Crippen LogP contribution in [0.1, 0.15) is 23.2 Å². The summed E-state index contributed by atoms with van der Waals surface area (Å²) in [6.07, 6.45) is 2.23. The summed E-state index contributed by atoms with van der Waals surface area (Å²) in [6.45, 7) is 0. The standard InChI is InChI=1S/C17H12FN3O/c18-12-6-7-14-13(10-12)15(11-4-2-1-3-5-11)20-17(22)16-19-8-9-21(14)16/h1-10,17,22H. The maximum absolute atomic E-state index is 13.8. The average Bonchev–Trinajstić information content (AvgIpc) is 2.99. The molecule has 0 amide bonds. The molecule has 0 bridgehead atoms. The van der Waals surface area contributed by atoms with Gasteiger partial charge in [0.15, 0.2) is 5.82 Å². The first-order chi connectivity index (χ1) is 10.7. The second kappa shape index (κ2) is 4.89. The summed E-state index contributed by atoms with van der Waals surface area (Å²) < 4.78 is 15.5. The van der Waals surface area contributed by atoms with Gasteiger partial charge in [-0.05, 0) is 18.2 Å². The van der Waals surface area contributed by atoms with Crippen molar-refractivity contribution < 1.29 is 9.50 Å². The molecule has 5 heteroatoms. The van der Waals surface area contributed by atoms with Gasteiger partial charge in [0, 0.05) is 23.5 Å². The first-order valence-electron chi connectivity index (χ1n) is 6.89. The summed E-state index contributed by atoms with van der Waals surface area (Å²) in [5.41, 5.74) is 2.74. The average molecular weight is 293 g/mol. The van der Waals surface area contributed by atoms with E-state index in [0.29, 0.717) is 17.1 Å². The molecule has 22 heavy (non-hydrogen) atoms. The molecule has 1 atom stereocenters. The lowest BCUT2D eigenvalue weighted by molar-refractivity contribution is 0.177. The highest BCUT2D eigenvalue weighted by Gasteiger charge is 2.24. The molecule has 0 saturated heterocycles. The van der Waals surface area contributed by atoms with E-state index in [0.717, 1.165) is 11.3 Å². The van der Waals surface area contributed by atoms with Crippen molar-refractivity contribution in [2.45, 2.75) is 6.23 Å². The second-order valence-corrected chi connectivity index (χ2v) is 5.03. The zero-order valence-corrected chi connectivity index (χ0v) is 11.5. The first kappa shape index (κ1) is 12.9. The van der Waals surface area contributed by atoms with Gasteiger partial charge in [0.25, 0.3) is 0 Å². The molecule has 3 aromatic rings. The topological polar surface area (TPSA) is 50.4 Å². The third-order valence-corrected chi connectivity index (χ3v) is 3.67. The van der Waals surface area contributed by atoms with Crippen molar-refractivity contribution in [3.63, 3.8) is 0 Å². The maximum atomic E-state index is 13.8. The van der Waals surface area contributed by atoms with E-state index in [1.54, 1.807) is 23.0 Å². The minimum Gasteiger partial charge on any atom is -0.365 e. The lowest BCUT2D eigenvalue weighted by Crippen LogP contribution is -2.07. The highest BCUT2D eigenvalue weighted by Crippen LogP contribution is 2.29. The van der Waals surface area contributed by atoms with Gasteiger partial charge in [-0.3, -0.25) is 4.57 Å². The Balaban J connectivity index is 2.03. The molecule has 1 unspecified atom stereocenters. The number of aliphatic imine (C=N–C) groups is 1. The summed E-state index contributed by atoms with van der Waals surface area (Å²) in [4.78, 5) is 8.52. The van der Waals surface area contributed by atoms with Gasteiger partial charge in [0.05, 0.1) is 11.4 Å². The molecule has 1 aliphatic heterocycles. The Morgan fingerprint density at radius 1 is 1.09 bits per heavy atom. The van der Waals surface area contributed by atoms with Crippen molar-refractivity contribution in [3.05, 3.63) is 83.7 Å². The van der Waals surface area contributed by atoms with Crippen LogP contribution in [-0.2, 0) is 0 Å². The minimum absolute atomic E-state index is 0.347. The fourth-order valence-electron chi connectivity index (χ4n) is 2.69. The third-order valence-electron chi connectivity index (χ3n) is 3.67. The predicted octanol–water partition coefficient (Wildman–Crippen LogP) is 2.85. The minimum atomic E-state index is -1.10. The van der Waals surface area contributed by atoms with Crippen LogP contribution in [0, 0.1) is 5.82 Å². The number of nitrogens with zero attached hydrogens (tertiary/aromatic N) is 3. The van der Waals surface area contributed by atoms with Crippen molar-refractivity contribution in [2.24, 2.45) is 4.99 Å². The first-order valence-corrected chi connectivity index (χ1v) is 6.89. The second-order valence-electron chi connectivity index (χ2n) is 5.03. The highest BCUT2D eigenvalue weighted by atomic mass is 19.1. The van der Waals surface area contributed by atoms with Crippen molar-refractivity contribution in [3.8, 4) is 5.69 Å². The van der Waals surface area contributed by atoms with Crippen LogP contribution in [0.5, 0.6) is 0 Å². The molecule has 2 aromatic carbocycles. The Bertz CT molecular complexity index is 871. The summed E-state index contributed by atoms with van der Waals surface area (Å²) in [5.74, 6) is 0.0687. The molecule has 108 valence electrons. The van der Waals surface area contributed by atoms with Gasteiger partial charge >= 0.3 is 0 Å². The Labute approximate surface area is 126 Å². The smallest absolute Gasteiger partial charge is 0.205 e. The van der Waals surface area contributed by atoms with Gasteiger partial charge < -0.3 is 5.11 Å². The molecule has 1 N–H and O–H groups in total. The van der Waals surface area contributed by atoms with E-state index in [1.165, 1.54) is 12.1 Å². The number of halogens is 1. The molecule has 0 spiro atoms. The molecule has 4 nitrogen and oxygen atoms in total. The molecule has 1 aromatic heterocycles. The molecule has 2 heterocycles. The summed E-state index contributed by atoms with van der Waals surface area (Å²) >= 11 is 0. The summed E-state index contributed by atoms with van der Waals surface area (Å²) in [6, 6.07) is 13.9. The quantitative estimate of drug-likeness (QED) is 0.750. The number of aliphatic hydroxyl groups excluding tert-OH is 1. The fraction of sp³-hybridized carbons (Fsp3) is 0.0588. The Kier molecular flexibility index (Phi) is 2.87. The lowest BCUT2D eigenvalue weighted by atomic mass is 10.0. The lowest BCUT2D eigenvalue weighted by Gasteiger charge is -2.11. The molecule has 0 radical (unpaired) electrons.